The van der Waals surface area contributed by atoms with Gasteiger partial charge in [0.15, 0.2) is 9.84 Å². The standard InChI is InChI=1S/C25H23FN4O3S/c1-16-21(17(2)30(28-16)20-13-14-34(32,33)15-20)11-12-24-27-23-6-4-3-5-22(23)25(31)29(24)19-9-7-18(26)8-10-19/h3-12,20H,13-15H2,1-2H3/b12-11+. The zero-order valence-electron chi connectivity index (χ0n) is 18.8. The van der Waals surface area contributed by atoms with Crippen LogP contribution in [0, 0.1) is 19.7 Å². The molecular formula is C25H23FN4O3S. The van der Waals surface area contributed by atoms with Gasteiger partial charge in [-0.05, 0) is 68.8 Å². The molecule has 1 fully saturated rings. The van der Waals surface area contributed by atoms with Crippen molar-refractivity contribution in [3.63, 3.8) is 0 Å². The minimum atomic E-state index is -3.04. The molecule has 174 valence electrons. The predicted molar refractivity (Wildman–Crippen MR) is 130 cm³/mol. The summed E-state index contributed by atoms with van der Waals surface area (Å²) >= 11 is 0. The molecule has 0 aliphatic carbocycles. The zero-order valence-corrected chi connectivity index (χ0v) is 19.6. The molecule has 2 aromatic heterocycles. The van der Waals surface area contributed by atoms with Crippen LogP contribution < -0.4 is 5.56 Å². The Balaban J connectivity index is 1.62. The quantitative estimate of drug-likeness (QED) is 0.444. The highest BCUT2D eigenvalue weighted by Gasteiger charge is 2.31. The van der Waals surface area contributed by atoms with Crippen LogP contribution in [0.3, 0.4) is 0 Å². The summed E-state index contributed by atoms with van der Waals surface area (Å²) in [5.41, 5.74) is 3.27. The first-order valence-corrected chi connectivity index (χ1v) is 12.8. The fourth-order valence-corrected chi connectivity index (χ4v) is 6.19. The zero-order chi connectivity index (χ0) is 24.0. The fourth-order valence-electron chi connectivity index (χ4n) is 4.50. The Morgan fingerprint density at radius 2 is 1.79 bits per heavy atom. The number of rotatable bonds is 4. The van der Waals surface area contributed by atoms with Crippen LogP contribution in [0.2, 0.25) is 0 Å². The second-order valence-corrected chi connectivity index (χ2v) is 10.8. The van der Waals surface area contributed by atoms with Gasteiger partial charge in [-0.15, -0.1) is 0 Å². The molecule has 7 nitrogen and oxygen atoms in total. The molecule has 34 heavy (non-hydrogen) atoms. The molecule has 1 atom stereocenters. The Morgan fingerprint density at radius 1 is 1.06 bits per heavy atom. The van der Waals surface area contributed by atoms with Gasteiger partial charge in [0.25, 0.3) is 5.56 Å². The van der Waals surface area contributed by atoms with E-state index in [0.717, 1.165) is 17.0 Å². The van der Waals surface area contributed by atoms with E-state index in [0.29, 0.717) is 28.8 Å². The molecule has 0 radical (unpaired) electrons. The maximum absolute atomic E-state index is 13.5. The summed E-state index contributed by atoms with van der Waals surface area (Å²) in [7, 11) is -3.04. The van der Waals surface area contributed by atoms with Crippen LogP contribution in [0.15, 0.2) is 53.3 Å². The number of sulfone groups is 1. The number of halogens is 1. The molecule has 0 spiro atoms. The van der Waals surface area contributed by atoms with E-state index in [1.807, 2.05) is 26.0 Å². The average Bonchev–Trinajstić information content (AvgIpc) is 3.31. The molecule has 0 N–H and O–H groups in total. The molecule has 9 heteroatoms. The lowest BCUT2D eigenvalue weighted by atomic mass is 10.1. The van der Waals surface area contributed by atoms with Crippen molar-refractivity contribution in [2.75, 3.05) is 11.5 Å². The molecule has 3 heterocycles. The highest BCUT2D eigenvalue weighted by atomic mass is 32.2. The molecule has 2 aromatic carbocycles. The van der Waals surface area contributed by atoms with Crippen LogP contribution in [0.25, 0.3) is 28.7 Å². The smallest absolute Gasteiger partial charge is 0.266 e. The van der Waals surface area contributed by atoms with Gasteiger partial charge in [0, 0.05) is 11.3 Å². The van der Waals surface area contributed by atoms with E-state index in [4.69, 9.17) is 0 Å². The SMILES string of the molecule is Cc1nn(C2CCS(=O)(=O)C2)c(C)c1/C=C/c1nc2ccccc2c(=O)n1-c1ccc(F)cc1. The Kier molecular flexibility index (Phi) is 5.44. The first kappa shape index (κ1) is 22.2. The lowest BCUT2D eigenvalue weighted by Gasteiger charge is -2.12. The Bertz CT molecular complexity index is 1600. The van der Waals surface area contributed by atoms with E-state index in [2.05, 4.69) is 10.1 Å². The third-order valence-corrected chi connectivity index (χ3v) is 7.97. The summed E-state index contributed by atoms with van der Waals surface area (Å²) in [6, 6.07) is 12.6. The second-order valence-electron chi connectivity index (χ2n) is 8.52. The van der Waals surface area contributed by atoms with E-state index in [1.165, 1.54) is 16.7 Å². The van der Waals surface area contributed by atoms with E-state index < -0.39 is 15.7 Å². The largest absolute Gasteiger partial charge is 0.268 e. The summed E-state index contributed by atoms with van der Waals surface area (Å²) in [4.78, 5) is 18.0. The van der Waals surface area contributed by atoms with Crippen LogP contribution in [0.1, 0.15) is 35.2 Å². The van der Waals surface area contributed by atoms with Crippen LogP contribution >= 0.6 is 0 Å². The molecule has 1 aliphatic rings. The summed E-state index contributed by atoms with van der Waals surface area (Å²) in [5, 5.41) is 5.06. The third kappa shape index (κ3) is 3.96. The third-order valence-electron chi connectivity index (χ3n) is 6.22. The Hall–Kier alpha value is -3.59. The van der Waals surface area contributed by atoms with E-state index in [-0.39, 0.29) is 23.1 Å². The van der Waals surface area contributed by atoms with Gasteiger partial charge in [-0.2, -0.15) is 5.10 Å². The molecule has 0 amide bonds. The number of hydrogen-bond donors (Lipinski definition) is 0. The summed E-state index contributed by atoms with van der Waals surface area (Å²) in [6.07, 6.45) is 4.13. The average molecular weight is 479 g/mol. The van der Waals surface area contributed by atoms with Crippen LogP contribution in [0.4, 0.5) is 4.39 Å². The number of hydrogen-bond acceptors (Lipinski definition) is 5. The monoisotopic (exact) mass is 478 g/mol. The van der Waals surface area contributed by atoms with E-state index in [9.17, 15) is 17.6 Å². The highest BCUT2D eigenvalue weighted by Crippen LogP contribution is 2.27. The Morgan fingerprint density at radius 3 is 2.50 bits per heavy atom. The summed E-state index contributed by atoms with van der Waals surface area (Å²) in [5.74, 6) is 0.265. The van der Waals surface area contributed by atoms with Crippen LogP contribution in [-0.4, -0.2) is 39.3 Å². The lowest BCUT2D eigenvalue weighted by Crippen LogP contribution is -2.22. The van der Waals surface area contributed by atoms with E-state index in [1.54, 1.807) is 41.1 Å². The normalized spacial score (nSPS) is 17.7. The minimum absolute atomic E-state index is 0.0917. The molecular weight excluding hydrogens is 455 g/mol. The van der Waals surface area contributed by atoms with Crippen molar-refractivity contribution in [1.29, 1.82) is 0 Å². The van der Waals surface area contributed by atoms with Gasteiger partial charge in [-0.3, -0.25) is 14.0 Å². The molecule has 0 bridgehead atoms. The molecule has 1 saturated heterocycles. The number of fused-ring (bicyclic) bond motifs is 1. The van der Waals surface area contributed by atoms with Gasteiger partial charge in [-0.1, -0.05) is 12.1 Å². The topological polar surface area (TPSA) is 86.8 Å². The second kappa shape index (κ2) is 8.32. The van der Waals surface area contributed by atoms with Gasteiger partial charge in [0.1, 0.15) is 11.6 Å². The maximum atomic E-state index is 13.5. The molecule has 1 aliphatic heterocycles. The van der Waals surface area contributed by atoms with Crippen molar-refractivity contribution in [2.24, 2.45) is 0 Å². The van der Waals surface area contributed by atoms with Crippen molar-refractivity contribution < 1.29 is 12.8 Å². The summed E-state index contributed by atoms with van der Waals surface area (Å²) in [6.45, 7) is 3.78. The van der Waals surface area contributed by atoms with Crippen molar-refractivity contribution in [3.8, 4) is 5.69 Å². The van der Waals surface area contributed by atoms with Crippen molar-refractivity contribution in [1.82, 2.24) is 19.3 Å². The number of aromatic nitrogens is 4. The van der Waals surface area contributed by atoms with Gasteiger partial charge < -0.3 is 0 Å². The van der Waals surface area contributed by atoms with Crippen molar-refractivity contribution in [2.45, 2.75) is 26.3 Å². The van der Waals surface area contributed by atoms with Gasteiger partial charge in [0.2, 0.25) is 0 Å². The number of benzene rings is 2. The van der Waals surface area contributed by atoms with Gasteiger partial charge >= 0.3 is 0 Å². The first-order valence-electron chi connectivity index (χ1n) is 11.0. The fraction of sp³-hybridized carbons (Fsp3) is 0.240. The molecule has 4 aromatic rings. The minimum Gasteiger partial charge on any atom is -0.268 e. The summed E-state index contributed by atoms with van der Waals surface area (Å²) < 4.78 is 40.7. The number of aryl methyl sites for hydroxylation is 1. The number of nitrogens with zero attached hydrogens (tertiary/aromatic N) is 4. The van der Waals surface area contributed by atoms with Crippen LogP contribution in [-0.2, 0) is 9.84 Å². The molecule has 0 saturated carbocycles. The first-order chi connectivity index (χ1) is 16.2. The van der Waals surface area contributed by atoms with E-state index >= 15 is 0 Å². The molecule has 5 rings (SSSR count). The predicted octanol–water partition coefficient (Wildman–Crippen LogP) is 3.87. The van der Waals surface area contributed by atoms with Crippen molar-refractivity contribution in [3.05, 3.63) is 87.5 Å². The maximum Gasteiger partial charge on any atom is 0.266 e. The van der Waals surface area contributed by atoms with Crippen LogP contribution in [0.5, 0.6) is 0 Å². The Labute approximate surface area is 196 Å². The number of para-hydroxylation sites is 1. The highest BCUT2D eigenvalue weighted by molar-refractivity contribution is 7.91. The molecule has 1 unspecified atom stereocenters. The van der Waals surface area contributed by atoms with Crippen molar-refractivity contribution >= 4 is 32.9 Å². The lowest BCUT2D eigenvalue weighted by molar-refractivity contribution is 0.486. The van der Waals surface area contributed by atoms with Gasteiger partial charge in [-0.25, -0.2) is 17.8 Å². The van der Waals surface area contributed by atoms with Gasteiger partial charge in [0.05, 0.1) is 39.8 Å².